The molecule has 0 saturated heterocycles. The first kappa shape index (κ1) is 15.3. The van der Waals surface area contributed by atoms with Gasteiger partial charge in [0.2, 0.25) is 0 Å². The predicted octanol–water partition coefficient (Wildman–Crippen LogP) is 5.03. The fourth-order valence-electron chi connectivity index (χ4n) is 1.89. The van der Waals surface area contributed by atoms with Crippen LogP contribution in [-0.2, 0) is 6.54 Å². The zero-order chi connectivity index (χ0) is 14.7. The van der Waals surface area contributed by atoms with Crippen LogP contribution in [0.5, 0.6) is 0 Å². The van der Waals surface area contributed by atoms with Crippen molar-refractivity contribution in [3.63, 3.8) is 0 Å². The molecule has 0 radical (unpaired) electrons. The Kier molecular flexibility index (Phi) is 5.05. The predicted molar refractivity (Wildman–Crippen MR) is 89.9 cm³/mol. The number of hydrogen-bond acceptors (Lipinski definition) is 2. The van der Waals surface area contributed by atoms with E-state index in [4.69, 9.17) is 0 Å². The van der Waals surface area contributed by atoms with Gasteiger partial charge in [0.15, 0.2) is 0 Å². The van der Waals surface area contributed by atoms with Crippen molar-refractivity contribution in [1.29, 1.82) is 0 Å². The van der Waals surface area contributed by atoms with Crippen LogP contribution >= 0.6 is 31.9 Å². The van der Waals surface area contributed by atoms with Gasteiger partial charge in [-0.2, -0.15) is 0 Å². The molecular weight excluding hydrogens is 387 g/mol. The summed E-state index contributed by atoms with van der Waals surface area (Å²) in [4.78, 5) is 2.05. The minimum Gasteiger partial charge on any atom is -0.379 e. The summed E-state index contributed by atoms with van der Waals surface area (Å²) in [5, 5.41) is 3.38. The second-order valence-corrected chi connectivity index (χ2v) is 6.43. The number of halogens is 3. The van der Waals surface area contributed by atoms with Gasteiger partial charge in [-0.05, 0) is 51.8 Å². The zero-order valence-electron chi connectivity index (χ0n) is 11.3. The third-order valence-corrected chi connectivity index (χ3v) is 4.01. The Morgan fingerprint density at radius 2 is 1.85 bits per heavy atom. The van der Waals surface area contributed by atoms with Gasteiger partial charge in [-0.15, -0.1) is 0 Å². The monoisotopic (exact) mass is 400 g/mol. The first-order valence-corrected chi connectivity index (χ1v) is 7.70. The Bertz CT molecular complexity index is 615. The molecule has 0 aliphatic rings. The highest BCUT2D eigenvalue weighted by molar-refractivity contribution is 9.10. The summed E-state index contributed by atoms with van der Waals surface area (Å²) in [6.07, 6.45) is 0. The van der Waals surface area contributed by atoms with Crippen molar-refractivity contribution in [3.05, 3.63) is 56.7 Å². The van der Waals surface area contributed by atoms with Crippen LogP contribution in [0.4, 0.5) is 15.8 Å². The molecule has 5 heteroatoms. The molecule has 2 aromatic rings. The SMILES string of the molecule is CN(C)c1ccc(Br)cc1NCc1ccc(F)c(Br)c1. The molecule has 2 aromatic carbocycles. The summed E-state index contributed by atoms with van der Waals surface area (Å²) in [7, 11) is 4.01. The van der Waals surface area contributed by atoms with E-state index >= 15 is 0 Å². The second-order valence-electron chi connectivity index (χ2n) is 4.66. The quantitative estimate of drug-likeness (QED) is 0.772. The standard InChI is InChI=1S/C15H15Br2FN2/c1-20(2)15-6-4-11(16)8-14(15)19-9-10-3-5-13(18)12(17)7-10/h3-8,19H,9H2,1-2H3. The molecule has 0 fully saturated rings. The van der Waals surface area contributed by atoms with Gasteiger partial charge in [0.25, 0.3) is 0 Å². The summed E-state index contributed by atoms with van der Waals surface area (Å²) < 4.78 is 14.7. The minimum absolute atomic E-state index is 0.245. The molecule has 0 unspecified atom stereocenters. The number of rotatable bonds is 4. The van der Waals surface area contributed by atoms with Gasteiger partial charge < -0.3 is 10.2 Å². The molecule has 0 atom stereocenters. The molecular formula is C15H15Br2FN2. The summed E-state index contributed by atoms with van der Waals surface area (Å²) >= 11 is 6.68. The van der Waals surface area contributed by atoms with Crippen molar-refractivity contribution >= 4 is 43.2 Å². The van der Waals surface area contributed by atoms with E-state index < -0.39 is 0 Å². The Hall–Kier alpha value is -1.07. The lowest BCUT2D eigenvalue weighted by atomic mass is 10.2. The maximum atomic E-state index is 13.2. The van der Waals surface area contributed by atoms with Crippen molar-refractivity contribution in [1.82, 2.24) is 0 Å². The maximum absolute atomic E-state index is 13.2. The van der Waals surface area contributed by atoms with Gasteiger partial charge in [-0.3, -0.25) is 0 Å². The molecule has 1 N–H and O–H groups in total. The molecule has 106 valence electrons. The molecule has 0 spiro atoms. The highest BCUT2D eigenvalue weighted by atomic mass is 79.9. The van der Waals surface area contributed by atoms with E-state index in [-0.39, 0.29) is 5.82 Å². The van der Waals surface area contributed by atoms with Crippen LogP contribution in [0.25, 0.3) is 0 Å². The molecule has 2 nitrogen and oxygen atoms in total. The normalized spacial score (nSPS) is 10.4. The maximum Gasteiger partial charge on any atom is 0.137 e. The Labute approximate surface area is 135 Å². The van der Waals surface area contributed by atoms with E-state index in [0.29, 0.717) is 11.0 Å². The molecule has 0 heterocycles. The fourth-order valence-corrected chi connectivity index (χ4v) is 2.67. The van der Waals surface area contributed by atoms with E-state index in [1.807, 2.05) is 32.3 Å². The molecule has 0 aromatic heterocycles. The van der Waals surface area contributed by atoms with Gasteiger partial charge in [-0.1, -0.05) is 22.0 Å². The minimum atomic E-state index is -0.245. The average Bonchev–Trinajstić information content (AvgIpc) is 2.40. The van der Waals surface area contributed by atoms with Crippen LogP contribution in [0.1, 0.15) is 5.56 Å². The van der Waals surface area contributed by atoms with Crippen LogP contribution < -0.4 is 10.2 Å². The topological polar surface area (TPSA) is 15.3 Å². The van der Waals surface area contributed by atoms with E-state index in [1.165, 1.54) is 6.07 Å². The third-order valence-electron chi connectivity index (χ3n) is 2.91. The van der Waals surface area contributed by atoms with Crippen LogP contribution in [-0.4, -0.2) is 14.1 Å². The van der Waals surface area contributed by atoms with E-state index in [0.717, 1.165) is 21.4 Å². The van der Waals surface area contributed by atoms with Crippen molar-refractivity contribution in [3.8, 4) is 0 Å². The molecule has 0 saturated carbocycles. The molecule has 20 heavy (non-hydrogen) atoms. The summed E-state index contributed by atoms with van der Waals surface area (Å²) in [6, 6.07) is 11.1. The van der Waals surface area contributed by atoms with E-state index in [9.17, 15) is 4.39 Å². The smallest absolute Gasteiger partial charge is 0.137 e. The van der Waals surface area contributed by atoms with Gasteiger partial charge in [0.1, 0.15) is 5.82 Å². The van der Waals surface area contributed by atoms with Gasteiger partial charge >= 0.3 is 0 Å². The van der Waals surface area contributed by atoms with Crippen molar-refractivity contribution in [2.24, 2.45) is 0 Å². The van der Waals surface area contributed by atoms with E-state index in [1.54, 1.807) is 12.1 Å². The van der Waals surface area contributed by atoms with Crippen LogP contribution in [0, 0.1) is 5.82 Å². The lowest BCUT2D eigenvalue weighted by molar-refractivity contribution is 0.620. The number of benzene rings is 2. The molecule has 0 aliphatic carbocycles. The largest absolute Gasteiger partial charge is 0.379 e. The summed E-state index contributed by atoms with van der Waals surface area (Å²) in [5.74, 6) is -0.245. The zero-order valence-corrected chi connectivity index (χ0v) is 14.4. The highest BCUT2D eigenvalue weighted by Crippen LogP contribution is 2.28. The lowest BCUT2D eigenvalue weighted by Crippen LogP contribution is -2.12. The Balaban J connectivity index is 2.17. The van der Waals surface area contributed by atoms with E-state index in [2.05, 4.69) is 42.1 Å². The molecule has 0 amide bonds. The molecule has 0 aliphatic heterocycles. The van der Waals surface area contributed by atoms with Gasteiger partial charge in [0, 0.05) is 25.1 Å². The van der Waals surface area contributed by atoms with Gasteiger partial charge in [-0.25, -0.2) is 4.39 Å². The number of anilines is 2. The Morgan fingerprint density at radius 1 is 1.10 bits per heavy atom. The summed E-state index contributed by atoms with van der Waals surface area (Å²) in [5.41, 5.74) is 3.15. The first-order chi connectivity index (χ1) is 9.47. The number of hydrogen-bond donors (Lipinski definition) is 1. The number of nitrogens with one attached hydrogen (secondary N) is 1. The highest BCUT2D eigenvalue weighted by Gasteiger charge is 2.06. The van der Waals surface area contributed by atoms with Crippen molar-refractivity contribution < 1.29 is 4.39 Å². The van der Waals surface area contributed by atoms with Crippen LogP contribution in [0.15, 0.2) is 45.3 Å². The Morgan fingerprint density at radius 3 is 2.50 bits per heavy atom. The van der Waals surface area contributed by atoms with Gasteiger partial charge in [0.05, 0.1) is 15.8 Å². The summed E-state index contributed by atoms with van der Waals surface area (Å²) in [6.45, 7) is 0.635. The molecule has 0 bridgehead atoms. The van der Waals surface area contributed by atoms with Crippen molar-refractivity contribution in [2.75, 3.05) is 24.3 Å². The fraction of sp³-hybridized carbons (Fsp3) is 0.200. The second kappa shape index (κ2) is 6.59. The van der Waals surface area contributed by atoms with Crippen LogP contribution in [0.3, 0.4) is 0 Å². The first-order valence-electron chi connectivity index (χ1n) is 6.12. The lowest BCUT2D eigenvalue weighted by Gasteiger charge is -2.19. The van der Waals surface area contributed by atoms with Crippen molar-refractivity contribution in [2.45, 2.75) is 6.54 Å². The average molecular weight is 402 g/mol. The molecule has 2 rings (SSSR count). The number of nitrogens with zero attached hydrogens (tertiary/aromatic N) is 1. The van der Waals surface area contributed by atoms with Crippen LogP contribution in [0.2, 0.25) is 0 Å². The third kappa shape index (κ3) is 3.73.